The Labute approximate surface area is 131 Å². The zero-order valence-electron chi connectivity index (χ0n) is 14.1. The predicted molar refractivity (Wildman–Crippen MR) is 79.8 cm³/mol. The molecular formula is C13H25NO7S. The second kappa shape index (κ2) is 7.28. The Morgan fingerprint density at radius 2 is 1.45 bits per heavy atom. The van der Waals surface area contributed by atoms with Crippen molar-refractivity contribution in [3.8, 4) is 0 Å². The van der Waals surface area contributed by atoms with Crippen LogP contribution in [0, 0.1) is 0 Å². The smallest absolute Gasteiger partial charge is 0.408 e. The molecule has 8 nitrogen and oxygen atoms in total. The monoisotopic (exact) mass is 339 g/mol. The van der Waals surface area contributed by atoms with E-state index in [0.29, 0.717) is 0 Å². The van der Waals surface area contributed by atoms with Gasteiger partial charge in [-0.3, -0.25) is 4.18 Å². The van der Waals surface area contributed by atoms with Gasteiger partial charge in [-0.15, -0.1) is 0 Å². The molecule has 0 aromatic carbocycles. The molecule has 0 fully saturated rings. The number of nitrogens with one attached hydrogen (secondary N) is 1. The van der Waals surface area contributed by atoms with Crippen LogP contribution in [0.2, 0.25) is 0 Å². The lowest BCUT2D eigenvalue weighted by atomic mass is 10.2. The Kier molecular flexibility index (Phi) is 6.83. The molecule has 0 bridgehead atoms. The van der Waals surface area contributed by atoms with Gasteiger partial charge in [0.05, 0.1) is 12.9 Å². The predicted octanol–water partition coefficient (Wildman–Crippen LogP) is 1.20. The van der Waals surface area contributed by atoms with Crippen molar-refractivity contribution in [3.63, 3.8) is 0 Å². The summed E-state index contributed by atoms with van der Waals surface area (Å²) in [5.74, 6) is -0.818. The van der Waals surface area contributed by atoms with Crippen molar-refractivity contribution in [2.75, 3.05) is 12.9 Å². The highest BCUT2D eigenvalue weighted by atomic mass is 32.2. The van der Waals surface area contributed by atoms with Gasteiger partial charge in [0.15, 0.2) is 6.04 Å². The largest absolute Gasteiger partial charge is 0.458 e. The zero-order valence-corrected chi connectivity index (χ0v) is 14.9. The van der Waals surface area contributed by atoms with E-state index in [4.69, 9.17) is 9.47 Å². The van der Waals surface area contributed by atoms with Gasteiger partial charge < -0.3 is 14.8 Å². The fourth-order valence-corrected chi connectivity index (χ4v) is 1.57. The van der Waals surface area contributed by atoms with Crippen LogP contribution in [0.15, 0.2) is 0 Å². The summed E-state index contributed by atoms with van der Waals surface area (Å²) < 4.78 is 36.8. The summed E-state index contributed by atoms with van der Waals surface area (Å²) in [6, 6.07) is -1.30. The van der Waals surface area contributed by atoms with E-state index >= 15 is 0 Å². The molecule has 0 aromatic heterocycles. The van der Waals surface area contributed by atoms with Crippen molar-refractivity contribution in [1.82, 2.24) is 5.32 Å². The summed E-state index contributed by atoms with van der Waals surface area (Å²) in [6.07, 6.45) is -0.0347. The van der Waals surface area contributed by atoms with Crippen LogP contribution in [-0.4, -0.2) is 50.6 Å². The van der Waals surface area contributed by atoms with Gasteiger partial charge in [0.25, 0.3) is 10.1 Å². The van der Waals surface area contributed by atoms with Crippen molar-refractivity contribution in [2.45, 2.75) is 58.8 Å². The number of rotatable bonds is 5. The number of amides is 1. The minimum atomic E-state index is -3.77. The van der Waals surface area contributed by atoms with Crippen molar-refractivity contribution < 1.29 is 31.7 Å². The highest BCUT2D eigenvalue weighted by Crippen LogP contribution is 2.11. The minimum absolute atomic E-state index is 0.576. The molecule has 0 saturated heterocycles. The molecule has 9 heteroatoms. The van der Waals surface area contributed by atoms with Crippen molar-refractivity contribution >= 4 is 22.2 Å². The number of hydrogen-bond donors (Lipinski definition) is 1. The molecule has 1 N–H and O–H groups in total. The van der Waals surface area contributed by atoms with Gasteiger partial charge in [-0.1, -0.05) is 0 Å². The summed E-state index contributed by atoms with van der Waals surface area (Å²) >= 11 is 0. The van der Waals surface area contributed by atoms with Crippen LogP contribution in [0.5, 0.6) is 0 Å². The summed E-state index contributed by atoms with van der Waals surface area (Å²) in [6.45, 7) is 9.33. The summed E-state index contributed by atoms with van der Waals surface area (Å²) in [7, 11) is -3.77. The van der Waals surface area contributed by atoms with Crippen molar-refractivity contribution in [1.29, 1.82) is 0 Å². The van der Waals surface area contributed by atoms with Crippen LogP contribution >= 0.6 is 0 Å². The lowest BCUT2D eigenvalue weighted by molar-refractivity contribution is -0.158. The van der Waals surface area contributed by atoms with E-state index in [1.54, 1.807) is 41.5 Å². The molecule has 22 heavy (non-hydrogen) atoms. The molecule has 0 aliphatic rings. The Bertz CT molecular complexity index is 499. The Morgan fingerprint density at radius 3 is 1.82 bits per heavy atom. The molecule has 0 spiro atoms. The van der Waals surface area contributed by atoms with Crippen LogP contribution in [-0.2, 0) is 28.6 Å². The van der Waals surface area contributed by atoms with Crippen LogP contribution in [0.3, 0.4) is 0 Å². The minimum Gasteiger partial charge on any atom is -0.458 e. The Balaban J connectivity index is 4.93. The Morgan fingerprint density at radius 1 is 1.00 bits per heavy atom. The molecule has 0 aliphatic carbocycles. The van der Waals surface area contributed by atoms with Crippen molar-refractivity contribution in [3.05, 3.63) is 0 Å². The molecular weight excluding hydrogens is 314 g/mol. The normalized spacial score (nSPS) is 14.1. The van der Waals surface area contributed by atoms with E-state index in [-0.39, 0.29) is 0 Å². The first kappa shape index (κ1) is 20.6. The maximum atomic E-state index is 12.0. The fraction of sp³-hybridized carbons (Fsp3) is 0.846. The highest BCUT2D eigenvalue weighted by molar-refractivity contribution is 7.85. The van der Waals surface area contributed by atoms with Gasteiger partial charge in [-0.2, -0.15) is 8.42 Å². The first-order chi connectivity index (χ1) is 9.59. The van der Waals surface area contributed by atoms with E-state index < -0.39 is 46.0 Å². The highest BCUT2D eigenvalue weighted by Gasteiger charge is 2.29. The number of hydrogen-bond acceptors (Lipinski definition) is 7. The average Bonchev–Trinajstić information content (AvgIpc) is 2.17. The third kappa shape index (κ3) is 11.3. The number of alkyl carbamates (subject to hydrolysis) is 1. The second-order valence-corrected chi connectivity index (χ2v) is 8.36. The van der Waals surface area contributed by atoms with Gasteiger partial charge >= 0.3 is 12.1 Å². The van der Waals surface area contributed by atoms with E-state index in [2.05, 4.69) is 9.50 Å². The molecule has 1 amide bonds. The van der Waals surface area contributed by atoms with Gasteiger partial charge in [-0.05, 0) is 41.5 Å². The van der Waals surface area contributed by atoms with Gasteiger partial charge in [0.2, 0.25) is 0 Å². The zero-order chi connectivity index (χ0) is 17.8. The maximum absolute atomic E-state index is 12.0. The topological polar surface area (TPSA) is 108 Å². The molecule has 0 unspecified atom stereocenters. The van der Waals surface area contributed by atoms with Crippen LogP contribution in [0.25, 0.3) is 0 Å². The fourth-order valence-electron chi connectivity index (χ4n) is 1.18. The quantitative estimate of drug-likeness (QED) is 0.592. The lowest BCUT2D eigenvalue weighted by Gasteiger charge is -2.25. The van der Waals surface area contributed by atoms with E-state index in [1.807, 2.05) is 0 Å². The molecule has 0 radical (unpaired) electrons. The summed E-state index contributed by atoms with van der Waals surface area (Å²) in [5.41, 5.74) is -1.56. The van der Waals surface area contributed by atoms with Gasteiger partial charge in [0.1, 0.15) is 11.2 Å². The summed E-state index contributed by atoms with van der Waals surface area (Å²) in [4.78, 5) is 23.7. The SMILES string of the molecule is CC(C)(C)OC(=O)N[C@@H](COS(C)(=O)=O)C(=O)OC(C)(C)C. The maximum Gasteiger partial charge on any atom is 0.408 e. The molecule has 0 aliphatic heterocycles. The molecule has 1 atom stereocenters. The standard InChI is InChI=1S/C13H25NO7S/c1-12(2,3)20-10(15)9(8-19-22(7,17)18)14-11(16)21-13(4,5)6/h9H,8H2,1-7H3,(H,14,16)/t9-/m0/s1. The lowest BCUT2D eigenvalue weighted by Crippen LogP contribution is -2.48. The number of ether oxygens (including phenoxy) is 2. The second-order valence-electron chi connectivity index (χ2n) is 6.72. The Hall–Kier alpha value is -1.35. The van der Waals surface area contributed by atoms with Gasteiger partial charge in [0, 0.05) is 0 Å². The third-order valence-electron chi connectivity index (χ3n) is 1.83. The third-order valence-corrected chi connectivity index (χ3v) is 2.40. The van der Waals surface area contributed by atoms with E-state index in [9.17, 15) is 18.0 Å². The van der Waals surface area contributed by atoms with Gasteiger partial charge in [-0.25, -0.2) is 9.59 Å². The van der Waals surface area contributed by atoms with Crippen LogP contribution < -0.4 is 5.32 Å². The average molecular weight is 339 g/mol. The molecule has 130 valence electrons. The van der Waals surface area contributed by atoms with E-state index in [0.717, 1.165) is 6.26 Å². The number of carbonyl (C=O) groups is 2. The van der Waals surface area contributed by atoms with E-state index in [1.165, 1.54) is 0 Å². The molecule has 0 aromatic rings. The first-order valence-electron chi connectivity index (χ1n) is 6.66. The number of esters is 1. The summed E-state index contributed by atoms with van der Waals surface area (Å²) in [5, 5.41) is 2.24. The van der Waals surface area contributed by atoms with Crippen LogP contribution in [0.1, 0.15) is 41.5 Å². The molecule has 0 heterocycles. The van der Waals surface area contributed by atoms with Crippen LogP contribution in [0.4, 0.5) is 4.79 Å². The molecule has 0 rings (SSSR count). The molecule has 0 saturated carbocycles. The first-order valence-corrected chi connectivity index (χ1v) is 8.47. The van der Waals surface area contributed by atoms with Crippen molar-refractivity contribution in [2.24, 2.45) is 0 Å². The number of carbonyl (C=O) groups excluding carboxylic acids is 2.